The van der Waals surface area contributed by atoms with Crippen LogP contribution in [0.15, 0.2) is 36.4 Å². The molecule has 0 aromatic heterocycles. The van der Waals surface area contributed by atoms with Crippen molar-refractivity contribution in [2.24, 2.45) is 0 Å². The Labute approximate surface area is 150 Å². The van der Waals surface area contributed by atoms with E-state index in [0.717, 1.165) is 0 Å². The Morgan fingerprint density at radius 1 is 1.07 bits per heavy atom. The van der Waals surface area contributed by atoms with Crippen LogP contribution in [0.3, 0.4) is 0 Å². The molecule has 0 aliphatic carbocycles. The maximum Gasteiger partial charge on any atom is 0.417 e. The molecule has 0 aliphatic rings. The SMILES string of the molecule is N#Cc1ccc(NCCc2c([N+](=O)[O-])cc([N+](=O)[O-])cc2C(F)(F)F)cc1. The lowest BCUT2D eigenvalue weighted by molar-refractivity contribution is -0.395. The zero-order chi connectivity index (χ0) is 20.2. The zero-order valence-corrected chi connectivity index (χ0v) is 13.5. The maximum atomic E-state index is 13.3. The van der Waals surface area contributed by atoms with Crippen LogP contribution in [0, 0.1) is 31.6 Å². The van der Waals surface area contributed by atoms with Gasteiger partial charge in [-0.2, -0.15) is 18.4 Å². The average molecular weight is 380 g/mol. The lowest BCUT2D eigenvalue weighted by Gasteiger charge is -2.14. The lowest BCUT2D eigenvalue weighted by atomic mass is 10.0. The summed E-state index contributed by atoms with van der Waals surface area (Å²) in [5, 5.41) is 33.5. The summed E-state index contributed by atoms with van der Waals surface area (Å²) in [6.45, 7) is -0.0897. The van der Waals surface area contributed by atoms with Crippen LogP contribution >= 0.6 is 0 Å². The van der Waals surface area contributed by atoms with Gasteiger partial charge in [-0.25, -0.2) is 0 Å². The molecule has 0 atom stereocenters. The Kier molecular flexibility index (Phi) is 5.60. The number of benzene rings is 2. The molecular formula is C16H11F3N4O4. The van der Waals surface area contributed by atoms with Crippen LogP contribution < -0.4 is 5.32 Å². The first-order chi connectivity index (χ1) is 12.6. The van der Waals surface area contributed by atoms with Gasteiger partial charge < -0.3 is 5.32 Å². The van der Waals surface area contributed by atoms with Gasteiger partial charge in [0.25, 0.3) is 11.4 Å². The van der Waals surface area contributed by atoms with Crippen molar-refractivity contribution in [2.45, 2.75) is 12.6 Å². The third kappa shape index (κ3) is 4.69. The normalized spacial score (nSPS) is 10.9. The highest BCUT2D eigenvalue weighted by molar-refractivity contribution is 5.55. The van der Waals surface area contributed by atoms with Gasteiger partial charge in [0.05, 0.1) is 33.1 Å². The summed E-state index contributed by atoms with van der Waals surface area (Å²) in [4.78, 5) is 19.8. The largest absolute Gasteiger partial charge is 0.417 e. The van der Waals surface area contributed by atoms with Crippen LogP contribution in [0.2, 0.25) is 0 Å². The second-order valence-electron chi connectivity index (χ2n) is 5.37. The highest BCUT2D eigenvalue weighted by atomic mass is 19.4. The van der Waals surface area contributed by atoms with Crippen molar-refractivity contribution >= 4 is 17.1 Å². The van der Waals surface area contributed by atoms with Gasteiger partial charge in [0, 0.05) is 23.9 Å². The second-order valence-corrected chi connectivity index (χ2v) is 5.37. The Morgan fingerprint density at radius 3 is 2.19 bits per heavy atom. The minimum absolute atomic E-state index is 0.0897. The number of rotatable bonds is 6. The highest BCUT2D eigenvalue weighted by Crippen LogP contribution is 2.39. The van der Waals surface area contributed by atoms with Crippen LogP contribution in [0.5, 0.6) is 0 Å². The zero-order valence-electron chi connectivity index (χ0n) is 13.5. The summed E-state index contributed by atoms with van der Waals surface area (Å²) in [5.41, 5.74) is -3.11. The predicted molar refractivity (Wildman–Crippen MR) is 88.1 cm³/mol. The number of hydrogen-bond acceptors (Lipinski definition) is 6. The average Bonchev–Trinajstić information content (AvgIpc) is 2.60. The quantitative estimate of drug-likeness (QED) is 0.596. The monoisotopic (exact) mass is 380 g/mol. The summed E-state index contributed by atoms with van der Waals surface area (Å²) in [6, 6.07) is 8.79. The Hall–Kier alpha value is -3.68. The number of alkyl halides is 3. The Morgan fingerprint density at radius 2 is 1.70 bits per heavy atom. The molecule has 140 valence electrons. The fraction of sp³-hybridized carbons (Fsp3) is 0.188. The van der Waals surface area contributed by atoms with Gasteiger partial charge in [-0.1, -0.05) is 0 Å². The van der Waals surface area contributed by atoms with E-state index in [1.54, 1.807) is 0 Å². The first kappa shape index (κ1) is 19.6. The predicted octanol–water partition coefficient (Wildman–Crippen LogP) is 4.05. The molecule has 0 spiro atoms. The lowest BCUT2D eigenvalue weighted by Crippen LogP contribution is -2.15. The van der Waals surface area contributed by atoms with E-state index in [1.807, 2.05) is 6.07 Å². The topological polar surface area (TPSA) is 122 Å². The van der Waals surface area contributed by atoms with Gasteiger partial charge in [0.1, 0.15) is 0 Å². The molecule has 0 heterocycles. The van der Waals surface area contributed by atoms with Crippen LogP contribution in [-0.2, 0) is 12.6 Å². The van der Waals surface area contributed by atoms with Gasteiger partial charge in [-0.15, -0.1) is 0 Å². The molecule has 0 amide bonds. The van der Waals surface area contributed by atoms with E-state index in [9.17, 15) is 33.4 Å². The number of nitro groups is 2. The van der Waals surface area contributed by atoms with Crippen LogP contribution in [0.4, 0.5) is 30.2 Å². The van der Waals surface area contributed by atoms with Crippen LogP contribution in [0.25, 0.3) is 0 Å². The number of non-ortho nitro benzene ring substituents is 1. The Balaban J connectivity index is 2.34. The molecule has 0 saturated carbocycles. The second kappa shape index (κ2) is 7.69. The number of hydrogen-bond donors (Lipinski definition) is 1. The third-order valence-electron chi connectivity index (χ3n) is 3.64. The smallest absolute Gasteiger partial charge is 0.385 e. The molecule has 1 N–H and O–H groups in total. The summed E-state index contributed by atoms with van der Waals surface area (Å²) in [7, 11) is 0. The van der Waals surface area contributed by atoms with E-state index >= 15 is 0 Å². The minimum atomic E-state index is -4.99. The number of nitriles is 1. The molecule has 0 fully saturated rings. The molecule has 2 aromatic carbocycles. The minimum Gasteiger partial charge on any atom is -0.385 e. The van der Waals surface area contributed by atoms with E-state index < -0.39 is 38.5 Å². The third-order valence-corrected chi connectivity index (χ3v) is 3.64. The molecule has 2 rings (SSSR count). The van der Waals surface area contributed by atoms with E-state index in [4.69, 9.17) is 5.26 Å². The van der Waals surface area contributed by atoms with Gasteiger partial charge in [0.15, 0.2) is 0 Å². The summed E-state index contributed by atoms with van der Waals surface area (Å²) in [6.07, 6.45) is -5.37. The fourth-order valence-corrected chi connectivity index (χ4v) is 2.42. The molecule has 27 heavy (non-hydrogen) atoms. The van der Waals surface area contributed by atoms with Crippen LogP contribution in [0.1, 0.15) is 16.7 Å². The number of nitrogens with one attached hydrogen (secondary N) is 1. The summed E-state index contributed by atoms with van der Waals surface area (Å²) < 4.78 is 39.8. The van der Waals surface area contributed by atoms with E-state index in [1.165, 1.54) is 24.3 Å². The summed E-state index contributed by atoms with van der Waals surface area (Å²) >= 11 is 0. The molecule has 8 nitrogen and oxygen atoms in total. The molecule has 0 unspecified atom stereocenters. The Bertz CT molecular complexity index is 921. The van der Waals surface area contributed by atoms with Gasteiger partial charge in [0.2, 0.25) is 0 Å². The van der Waals surface area contributed by atoms with E-state index in [0.29, 0.717) is 23.4 Å². The molecule has 11 heteroatoms. The number of anilines is 1. The van der Waals surface area contributed by atoms with Crippen molar-refractivity contribution in [2.75, 3.05) is 11.9 Å². The fourth-order valence-electron chi connectivity index (χ4n) is 2.42. The van der Waals surface area contributed by atoms with Crippen molar-refractivity contribution in [1.82, 2.24) is 0 Å². The maximum absolute atomic E-state index is 13.3. The number of nitro benzene ring substituents is 2. The van der Waals surface area contributed by atoms with Crippen molar-refractivity contribution in [3.05, 3.63) is 73.3 Å². The molecule has 2 aromatic rings. The van der Waals surface area contributed by atoms with E-state index in [2.05, 4.69) is 5.32 Å². The van der Waals surface area contributed by atoms with Crippen molar-refractivity contribution in [3.8, 4) is 6.07 Å². The van der Waals surface area contributed by atoms with Crippen LogP contribution in [-0.4, -0.2) is 16.4 Å². The van der Waals surface area contributed by atoms with Gasteiger partial charge in [-0.3, -0.25) is 20.2 Å². The highest BCUT2D eigenvalue weighted by Gasteiger charge is 2.39. The number of nitrogens with zero attached hydrogens (tertiary/aromatic N) is 3. The number of halogens is 3. The molecule has 0 saturated heterocycles. The molecular weight excluding hydrogens is 369 g/mol. The molecule has 0 bridgehead atoms. The molecule has 0 aliphatic heterocycles. The van der Waals surface area contributed by atoms with Gasteiger partial charge >= 0.3 is 6.18 Å². The first-order valence-corrected chi connectivity index (χ1v) is 7.40. The van der Waals surface area contributed by atoms with E-state index in [-0.39, 0.29) is 13.0 Å². The summed E-state index contributed by atoms with van der Waals surface area (Å²) in [5.74, 6) is 0. The standard InChI is InChI=1S/C16H11F3N4O4/c17-16(18,19)14-7-12(22(24)25)8-15(23(26)27)13(14)5-6-21-11-3-1-10(9-20)2-4-11/h1-4,7-8,21H,5-6H2. The first-order valence-electron chi connectivity index (χ1n) is 7.40. The van der Waals surface area contributed by atoms with Crippen molar-refractivity contribution in [3.63, 3.8) is 0 Å². The van der Waals surface area contributed by atoms with Gasteiger partial charge in [-0.05, 0) is 30.7 Å². The van der Waals surface area contributed by atoms with Crippen molar-refractivity contribution in [1.29, 1.82) is 5.26 Å². The van der Waals surface area contributed by atoms with Crippen molar-refractivity contribution < 1.29 is 23.0 Å². The molecule has 0 radical (unpaired) electrons.